The smallest absolute Gasteiger partial charge is 0.235 e. The van der Waals surface area contributed by atoms with Gasteiger partial charge < -0.3 is 20.8 Å². The number of benzene rings is 2. The molecule has 3 aliphatic carbocycles. The Balaban J connectivity index is 1.61. The van der Waals surface area contributed by atoms with E-state index in [0.29, 0.717) is 28.3 Å². The molecule has 0 spiro atoms. The molecule has 2 fully saturated rings. The summed E-state index contributed by atoms with van der Waals surface area (Å²) in [6.07, 6.45) is 0.839. The van der Waals surface area contributed by atoms with Gasteiger partial charge in [0.1, 0.15) is 5.75 Å². The summed E-state index contributed by atoms with van der Waals surface area (Å²) in [5, 5.41) is 22.9. The minimum atomic E-state index is -2.66. The van der Waals surface area contributed by atoms with E-state index in [1.165, 1.54) is 0 Å². The van der Waals surface area contributed by atoms with Crippen LogP contribution in [0.1, 0.15) is 48.2 Å². The summed E-state index contributed by atoms with van der Waals surface area (Å²) in [4.78, 5) is 67.2. The van der Waals surface area contributed by atoms with E-state index < -0.39 is 58.3 Å². The number of primary amides is 1. The van der Waals surface area contributed by atoms with Gasteiger partial charge in [0.15, 0.2) is 34.7 Å². The Kier molecular flexibility index (Phi) is 6.69. The van der Waals surface area contributed by atoms with Gasteiger partial charge in [0, 0.05) is 37.7 Å². The van der Waals surface area contributed by atoms with Gasteiger partial charge in [0.05, 0.1) is 11.5 Å². The van der Waals surface area contributed by atoms with Crippen molar-refractivity contribution >= 4 is 34.7 Å². The van der Waals surface area contributed by atoms with E-state index in [1.54, 1.807) is 0 Å². The Bertz CT molecular complexity index is 1460. The van der Waals surface area contributed by atoms with E-state index in [-0.39, 0.29) is 30.6 Å². The number of hydrogen-bond donors (Lipinski definition) is 3. The van der Waals surface area contributed by atoms with Crippen LogP contribution in [0.15, 0.2) is 30.3 Å². The number of phenolic OH excluding ortho intramolecular Hbond substituents is 1. The van der Waals surface area contributed by atoms with Crippen molar-refractivity contribution < 1.29 is 34.2 Å². The molecule has 5 atom stereocenters. The average Bonchev–Trinajstić information content (AvgIpc) is 2.86. The molecule has 210 valence electrons. The molecule has 0 bridgehead atoms. The van der Waals surface area contributed by atoms with Gasteiger partial charge in [-0.3, -0.25) is 24.0 Å². The molecule has 2 aromatic carbocycles. The van der Waals surface area contributed by atoms with Crippen LogP contribution in [0.5, 0.6) is 5.75 Å². The lowest BCUT2D eigenvalue weighted by Crippen LogP contribution is -2.68. The molecule has 9 nitrogen and oxygen atoms in total. The van der Waals surface area contributed by atoms with Gasteiger partial charge in [0.25, 0.3) is 0 Å². The maximum absolute atomic E-state index is 14.0. The second kappa shape index (κ2) is 9.66. The number of nitrogens with two attached hydrogens (primary N) is 1. The van der Waals surface area contributed by atoms with Gasteiger partial charge >= 0.3 is 0 Å². The predicted octanol–water partition coefficient (Wildman–Crippen LogP) is 2.26. The van der Waals surface area contributed by atoms with Crippen molar-refractivity contribution in [3.8, 4) is 16.9 Å². The van der Waals surface area contributed by atoms with Crippen LogP contribution < -0.4 is 10.6 Å². The Morgan fingerprint density at radius 1 is 1.07 bits per heavy atom. The van der Waals surface area contributed by atoms with E-state index in [2.05, 4.69) is 13.8 Å². The van der Waals surface area contributed by atoms with Gasteiger partial charge in [-0.1, -0.05) is 38.1 Å². The largest absolute Gasteiger partial charge is 0.507 e. The van der Waals surface area contributed by atoms with Crippen molar-refractivity contribution in [2.75, 3.05) is 19.0 Å². The van der Waals surface area contributed by atoms with Gasteiger partial charge in [-0.2, -0.15) is 0 Å². The summed E-state index contributed by atoms with van der Waals surface area (Å²) in [7, 11) is 3.65. The molecule has 5 rings (SSSR count). The number of amides is 1. The minimum Gasteiger partial charge on any atom is -0.507 e. The second-order valence-corrected chi connectivity index (χ2v) is 12.1. The fourth-order valence-corrected chi connectivity index (χ4v) is 6.93. The van der Waals surface area contributed by atoms with Crippen LogP contribution in [0.4, 0.5) is 5.69 Å². The molecular weight excluding hydrogens is 512 g/mol. The lowest BCUT2D eigenvalue weighted by Gasteiger charge is -2.48. The van der Waals surface area contributed by atoms with Gasteiger partial charge in [0.2, 0.25) is 5.91 Å². The zero-order valence-electron chi connectivity index (χ0n) is 23.1. The first kappa shape index (κ1) is 27.7. The number of fused-ring (bicyclic) bond motifs is 3. The number of hydrogen-bond acceptors (Lipinski definition) is 8. The zero-order chi connectivity index (χ0) is 29.3. The highest BCUT2D eigenvalue weighted by Crippen LogP contribution is 2.52. The molecule has 0 aromatic heterocycles. The SMILES string of the molecule is CC(C)Cc1ccc(-c2cc(N(C)C)c3c(c2O)C(=O)C2C(=O)[C@]4(O)C(=O)C(C(N)=O)C(=O)C[C@@H]4C[C@@H]2C3)cc1. The van der Waals surface area contributed by atoms with Crippen LogP contribution >= 0.6 is 0 Å². The standard InChI is InChI=1S/C31H34N2O7/c1-14(2)9-15-5-7-16(8-6-15)19-13-21(33(3)4)20-11-17-10-18-12-22(34)25(30(32)39)29(38)31(18,40)28(37)23(17)27(36)24(20)26(19)35/h5-8,13-14,17-18,23,25,35,40H,9-12H2,1-4H3,(H2,32,39)/t17-,18+,23?,25?,31+/m1/s1. The van der Waals surface area contributed by atoms with Crippen LogP contribution in [0.3, 0.4) is 0 Å². The highest BCUT2D eigenvalue weighted by molar-refractivity contribution is 6.31. The average molecular weight is 547 g/mol. The number of nitrogens with zero attached hydrogens (tertiary/aromatic N) is 1. The summed E-state index contributed by atoms with van der Waals surface area (Å²) in [5.41, 5.74) is 6.15. The molecule has 4 N–H and O–H groups in total. The van der Waals surface area contributed by atoms with Crippen LogP contribution in [0.2, 0.25) is 0 Å². The number of ketones is 4. The number of aliphatic hydroxyl groups is 1. The normalized spacial score (nSPS) is 27.8. The van der Waals surface area contributed by atoms with Crippen LogP contribution in [-0.2, 0) is 32.0 Å². The Morgan fingerprint density at radius 2 is 1.73 bits per heavy atom. The highest BCUT2D eigenvalue weighted by atomic mass is 16.3. The molecular formula is C31H34N2O7. The molecule has 40 heavy (non-hydrogen) atoms. The molecule has 2 unspecified atom stereocenters. The molecule has 2 saturated carbocycles. The van der Waals surface area contributed by atoms with Crippen LogP contribution in [0, 0.1) is 29.6 Å². The lowest BCUT2D eigenvalue weighted by atomic mass is 9.53. The van der Waals surface area contributed by atoms with Crippen molar-refractivity contribution in [2.45, 2.75) is 45.1 Å². The Labute approximate surface area is 232 Å². The van der Waals surface area contributed by atoms with Crippen molar-refractivity contribution in [1.82, 2.24) is 0 Å². The highest BCUT2D eigenvalue weighted by Gasteiger charge is 2.66. The molecule has 0 heterocycles. The fourth-order valence-electron chi connectivity index (χ4n) is 6.93. The maximum Gasteiger partial charge on any atom is 0.235 e. The van der Waals surface area contributed by atoms with E-state index in [4.69, 9.17) is 5.73 Å². The number of carbonyl (C=O) groups is 5. The monoisotopic (exact) mass is 546 g/mol. The lowest BCUT2D eigenvalue weighted by molar-refractivity contribution is -0.175. The quantitative estimate of drug-likeness (QED) is 0.483. The van der Waals surface area contributed by atoms with Gasteiger partial charge in [-0.05, 0) is 53.9 Å². The first-order valence-corrected chi connectivity index (χ1v) is 13.6. The maximum atomic E-state index is 14.0. The third kappa shape index (κ3) is 4.06. The molecule has 0 saturated heterocycles. The van der Waals surface area contributed by atoms with Gasteiger partial charge in [-0.25, -0.2) is 0 Å². The van der Waals surface area contributed by atoms with Gasteiger partial charge in [-0.15, -0.1) is 0 Å². The Hall–Kier alpha value is -3.85. The summed E-state index contributed by atoms with van der Waals surface area (Å²) < 4.78 is 0. The van der Waals surface area contributed by atoms with Crippen molar-refractivity contribution in [2.24, 2.45) is 35.3 Å². The minimum absolute atomic E-state index is 0.00473. The first-order valence-electron chi connectivity index (χ1n) is 13.6. The summed E-state index contributed by atoms with van der Waals surface area (Å²) >= 11 is 0. The van der Waals surface area contributed by atoms with Crippen molar-refractivity contribution in [3.63, 3.8) is 0 Å². The molecule has 0 aliphatic heterocycles. The predicted molar refractivity (Wildman–Crippen MR) is 147 cm³/mol. The van der Waals surface area contributed by atoms with Crippen LogP contribution in [-0.4, -0.2) is 58.9 Å². The summed E-state index contributed by atoms with van der Waals surface area (Å²) in [6, 6.07) is 9.55. The Morgan fingerprint density at radius 3 is 2.30 bits per heavy atom. The van der Waals surface area contributed by atoms with E-state index in [0.717, 1.165) is 12.0 Å². The summed E-state index contributed by atoms with van der Waals surface area (Å²) in [5.74, 6) is -9.65. The fraction of sp³-hybridized carbons (Fsp3) is 0.452. The third-order valence-electron chi connectivity index (χ3n) is 8.77. The van der Waals surface area contributed by atoms with Crippen molar-refractivity contribution in [1.29, 1.82) is 0 Å². The molecule has 1 amide bonds. The number of phenols is 1. The topological polar surface area (TPSA) is 155 Å². The third-order valence-corrected chi connectivity index (χ3v) is 8.77. The van der Waals surface area contributed by atoms with E-state index in [1.807, 2.05) is 49.3 Å². The molecule has 3 aliphatic rings. The van der Waals surface area contributed by atoms with E-state index >= 15 is 0 Å². The second-order valence-electron chi connectivity index (χ2n) is 12.1. The molecule has 2 aromatic rings. The number of anilines is 1. The summed E-state index contributed by atoms with van der Waals surface area (Å²) in [6.45, 7) is 4.26. The number of rotatable bonds is 5. The number of carbonyl (C=O) groups excluding carboxylic acids is 5. The number of aromatic hydroxyl groups is 1. The first-order chi connectivity index (χ1) is 18.8. The molecule has 9 heteroatoms. The number of Topliss-reactive ketones (excluding diaryl/α,β-unsaturated/α-hetero) is 4. The molecule has 0 radical (unpaired) electrons. The zero-order valence-corrected chi connectivity index (χ0v) is 23.1. The van der Waals surface area contributed by atoms with Crippen LogP contribution in [0.25, 0.3) is 11.1 Å². The van der Waals surface area contributed by atoms with E-state index in [9.17, 15) is 34.2 Å². The van der Waals surface area contributed by atoms with Crippen molar-refractivity contribution in [3.05, 3.63) is 47.0 Å².